The number of hydrogen-bond donors (Lipinski definition) is 1. The molecule has 0 atom stereocenters. The highest BCUT2D eigenvalue weighted by Gasteiger charge is 2.26. The number of rotatable bonds is 2. The van der Waals surface area contributed by atoms with Crippen molar-refractivity contribution in [3.8, 4) is 5.75 Å². The Labute approximate surface area is 87.7 Å². The molecule has 0 fully saturated rings. The first-order valence-electron chi connectivity index (χ1n) is 4.33. The molecule has 0 spiro atoms. The van der Waals surface area contributed by atoms with Crippen LogP contribution in [-0.4, -0.2) is 27.2 Å². The van der Waals surface area contributed by atoms with Crippen molar-refractivity contribution in [1.82, 2.24) is 0 Å². The minimum atomic E-state index is -3.37. The minimum Gasteiger partial charge on any atom is -0.497 e. The zero-order chi connectivity index (χ0) is 11.1. The number of aliphatic hydroxyl groups excluding tert-OH is 1. The lowest BCUT2D eigenvalue weighted by atomic mass is 10.1. The van der Waals surface area contributed by atoms with Crippen molar-refractivity contribution in [2.45, 2.75) is 4.90 Å². The first-order chi connectivity index (χ1) is 7.08. The molecule has 5 heteroatoms. The predicted octanol–water partition coefficient (Wildman–Crippen LogP) is 0.816. The summed E-state index contributed by atoms with van der Waals surface area (Å²) in [5.41, 5.74) is 0.931. The fourth-order valence-electron chi connectivity index (χ4n) is 1.57. The molecule has 15 heavy (non-hydrogen) atoms. The van der Waals surface area contributed by atoms with E-state index in [-0.39, 0.29) is 11.5 Å². The lowest BCUT2D eigenvalue weighted by molar-refractivity contribution is 0.350. The standard InChI is InChI=1S/C10H10O4S/c1-14-8-2-3-10-9(4-8)7(5-11)6-15(10,12)13/h2-4,6,11H,5H2,1H3. The van der Waals surface area contributed by atoms with Crippen LogP contribution in [0.5, 0.6) is 5.75 Å². The maximum Gasteiger partial charge on any atom is 0.200 e. The number of aliphatic hydroxyl groups is 1. The van der Waals surface area contributed by atoms with E-state index in [0.717, 1.165) is 5.41 Å². The lowest BCUT2D eigenvalue weighted by Gasteiger charge is -2.04. The molecule has 1 aliphatic rings. The topological polar surface area (TPSA) is 63.6 Å². The van der Waals surface area contributed by atoms with Gasteiger partial charge in [0.05, 0.1) is 18.6 Å². The van der Waals surface area contributed by atoms with Crippen molar-refractivity contribution in [3.63, 3.8) is 0 Å². The van der Waals surface area contributed by atoms with E-state index in [9.17, 15) is 8.42 Å². The van der Waals surface area contributed by atoms with E-state index in [0.29, 0.717) is 16.9 Å². The van der Waals surface area contributed by atoms with Crippen LogP contribution in [-0.2, 0) is 9.84 Å². The van der Waals surface area contributed by atoms with Crippen LogP contribution in [0.2, 0.25) is 0 Å². The third kappa shape index (κ3) is 1.53. The van der Waals surface area contributed by atoms with E-state index in [1.807, 2.05) is 0 Å². The highest BCUT2D eigenvalue weighted by molar-refractivity contribution is 7.95. The van der Waals surface area contributed by atoms with Crippen molar-refractivity contribution in [2.75, 3.05) is 13.7 Å². The van der Waals surface area contributed by atoms with Crippen LogP contribution in [0.4, 0.5) is 0 Å². The van der Waals surface area contributed by atoms with Crippen LogP contribution in [0.1, 0.15) is 5.56 Å². The van der Waals surface area contributed by atoms with Crippen LogP contribution in [0.3, 0.4) is 0 Å². The van der Waals surface area contributed by atoms with Gasteiger partial charge in [-0.1, -0.05) is 0 Å². The molecule has 0 saturated heterocycles. The molecular formula is C10H10O4S. The maximum absolute atomic E-state index is 11.6. The van der Waals surface area contributed by atoms with Crippen molar-refractivity contribution in [2.24, 2.45) is 0 Å². The molecule has 0 saturated carbocycles. The van der Waals surface area contributed by atoms with Gasteiger partial charge in [0.1, 0.15) is 5.75 Å². The van der Waals surface area contributed by atoms with Gasteiger partial charge in [0.15, 0.2) is 0 Å². The molecule has 80 valence electrons. The second-order valence-corrected chi connectivity index (χ2v) is 4.97. The van der Waals surface area contributed by atoms with E-state index in [1.54, 1.807) is 12.1 Å². The summed E-state index contributed by atoms with van der Waals surface area (Å²) >= 11 is 0. The highest BCUT2D eigenvalue weighted by atomic mass is 32.2. The van der Waals surface area contributed by atoms with Crippen LogP contribution in [0, 0.1) is 0 Å². The van der Waals surface area contributed by atoms with Crippen LogP contribution in [0.15, 0.2) is 28.5 Å². The van der Waals surface area contributed by atoms with Crippen molar-refractivity contribution in [1.29, 1.82) is 0 Å². The average molecular weight is 226 g/mol. The fraction of sp³-hybridized carbons (Fsp3) is 0.200. The zero-order valence-corrected chi connectivity index (χ0v) is 8.91. The molecule has 0 bridgehead atoms. The summed E-state index contributed by atoms with van der Waals surface area (Å²) in [6, 6.07) is 4.69. The van der Waals surface area contributed by atoms with Gasteiger partial charge in [0, 0.05) is 11.0 Å². The normalized spacial score (nSPS) is 17.1. The Balaban J connectivity index is 2.68. The molecule has 0 radical (unpaired) electrons. The highest BCUT2D eigenvalue weighted by Crippen LogP contribution is 2.35. The Morgan fingerprint density at radius 1 is 1.40 bits per heavy atom. The molecule has 1 N–H and O–H groups in total. The minimum absolute atomic E-state index is 0.229. The van der Waals surface area contributed by atoms with E-state index in [1.165, 1.54) is 13.2 Å². The predicted molar refractivity (Wildman–Crippen MR) is 55.2 cm³/mol. The van der Waals surface area contributed by atoms with E-state index >= 15 is 0 Å². The van der Waals surface area contributed by atoms with Crippen molar-refractivity contribution in [3.05, 3.63) is 29.2 Å². The van der Waals surface area contributed by atoms with Gasteiger partial charge >= 0.3 is 0 Å². The van der Waals surface area contributed by atoms with Crippen LogP contribution >= 0.6 is 0 Å². The zero-order valence-electron chi connectivity index (χ0n) is 8.10. The van der Waals surface area contributed by atoms with Crippen molar-refractivity contribution < 1.29 is 18.3 Å². The third-order valence-corrected chi connectivity index (χ3v) is 3.87. The van der Waals surface area contributed by atoms with Gasteiger partial charge in [-0.15, -0.1) is 0 Å². The molecule has 1 aromatic carbocycles. The summed E-state index contributed by atoms with van der Waals surface area (Å²) < 4.78 is 28.2. The van der Waals surface area contributed by atoms with E-state index in [4.69, 9.17) is 9.84 Å². The molecule has 1 aromatic rings. The Morgan fingerprint density at radius 2 is 2.13 bits per heavy atom. The quantitative estimate of drug-likeness (QED) is 0.810. The summed E-state index contributed by atoms with van der Waals surface area (Å²) in [4.78, 5) is 0.229. The average Bonchev–Trinajstić information content (AvgIpc) is 2.50. The molecule has 1 heterocycles. The fourth-order valence-corrected chi connectivity index (χ4v) is 3.03. The number of ether oxygens (including phenoxy) is 1. The molecule has 4 nitrogen and oxygen atoms in total. The number of hydrogen-bond acceptors (Lipinski definition) is 4. The van der Waals surface area contributed by atoms with E-state index in [2.05, 4.69) is 0 Å². The van der Waals surface area contributed by atoms with Gasteiger partial charge in [0.2, 0.25) is 9.84 Å². The van der Waals surface area contributed by atoms with Gasteiger partial charge in [-0.3, -0.25) is 0 Å². The van der Waals surface area contributed by atoms with Gasteiger partial charge in [-0.2, -0.15) is 0 Å². The van der Waals surface area contributed by atoms with Crippen molar-refractivity contribution >= 4 is 15.4 Å². The Hall–Kier alpha value is -1.33. The van der Waals surface area contributed by atoms with Crippen LogP contribution in [0.25, 0.3) is 5.57 Å². The first-order valence-corrected chi connectivity index (χ1v) is 5.88. The second-order valence-electron chi connectivity index (χ2n) is 3.21. The molecule has 0 amide bonds. The Bertz CT molecular complexity index is 528. The summed E-state index contributed by atoms with van der Waals surface area (Å²) in [6.07, 6.45) is 0. The maximum atomic E-state index is 11.6. The largest absolute Gasteiger partial charge is 0.497 e. The Kier molecular flexibility index (Phi) is 2.28. The summed E-state index contributed by atoms with van der Waals surface area (Å²) in [5, 5.41) is 10.1. The smallest absolute Gasteiger partial charge is 0.200 e. The molecule has 1 aliphatic heterocycles. The first kappa shape index (κ1) is 10.2. The molecule has 0 aromatic heterocycles. The number of fused-ring (bicyclic) bond motifs is 1. The lowest BCUT2D eigenvalue weighted by Crippen LogP contribution is -1.94. The van der Waals surface area contributed by atoms with E-state index < -0.39 is 9.84 Å². The van der Waals surface area contributed by atoms with Crippen LogP contribution < -0.4 is 4.74 Å². The molecular weight excluding hydrogens is 216 g/mol. The SMILES string of the molecule is COc1ccc2c(c1)C(CO)=CS2(=O)=O. The Morgan fingerprint density at radius 3 is 2.73 bits per heavy atom. The number of methoxy groups -OCH3 is 1. The van der Waals surface area contributed by atoms with Gasteiger partial charge in [-0.05, 0) is 23.8 Å². The molecule has 0 aliphatic carbocycles. The number of sulfone groups is 1. The number of benzene rings is 1. The molecule has 0 unspecified atom stereocenters. The van der Waals surface area contributed by atoms with Gasteiger partial charge in [-0.25, -0.2) is 8.42 Å². The third-order valence-electron chi connectivity index (χ3n) is 2.31. The summed E-state index contributed by atoms with van der Waals surface area (Å²) in [7, 11) is -1.86. The summed E-state index contributed by atoms with van der Waals surface area (Å²) in [6.45, 7) is -0.292. The summed E-state index contributed by atoms with van der Waals surface area (Å²) in [5.74, 6) is 0.574. The second kappa shape index (κ2) is 3.36. The van der Waals surface area contributed by atoms with Gasteiger partial charge < -0.3 is 9.84 Å². The molecule has 2 rings (SSSR count). The van der Waals surface area contributed by atoms with Gasteiger partial charge in [0.25, 0.3) is 0 Å². The monoisotopic (exact) mass is 226 g/mol.